The molecule has 1 aromatic heterocycles. The third-order valence-electron chi connectivity index (χ3n) is 4.87. The highest BCUT2D eigenvalue weighted by Crippen LogP contribution is 2.16. The van der Waals surface area contributed by atoms with Crippen LogP contribution in [0.1, 0.15) is 49.3 Å². The van der Waals surface area contributed by atoms with E-state index in [0.29, 0.717) is 30.6 Å². The molecule has 0 saturated heterocycles. The second-order valence-electron chi connectivity index (χ2n) is 7.00. The number of rotatable bonds is 9. The Labute approximate surface area is 171 Å². The molecule has 29 heavy (non-hydrogen) atoms. The summed E-state index contributed by atoms with van der Waals surface area (Å²) in [6.07, 6.45) is 3.04. The maximum atomic E-state index is 12.4. The van der Waals surface area contributed by atoms with Gasteiger partial charge in [-0.25, -0.2) is 4.98 Å². The van der Waals surface area contributed by atoms with Gasteiger partial charge < -0.3 is 15.2 Å². The van der Waals surface area contributed by atoms with Gasteiger partial charge in [0, 0.05) is 37.2 Å². The molecule has 2 N–H and O–H groups in total. The number of nitrogens with zero attached hydrogens (tertiary/aromatic N) is 2. The van der Waals surface area contributed by atoms with Gasteiger partial charge in [-0.1, -0.05) is 25.5 Å². The number of hydrogen-bond acceptors (Lipinski definition) is 3. The van der Waals surface area contributed by atoms with Crippen molar-refractivity contribution >= 4 is 28.5 Å². The molecule has 0 aliphatic rings. The Balaban J connectivity index is 1.54. The van der Waals surface area contributed by atoms with E-state index in [1.165, 1.54) is 0 Å². The van der Waals surface area contributed by atoms with E-state index in [9.17, 15) is 9.59 Å². The predicted octanol–water partition coefficient (Wildman–Crippen LogP) is 4.16. The number of amides is 2. The maximum absolute atomic E-state index is 12.4. The zero-order chi connectivity index (χ0) is 20.6. The highest BCUT2D eigenvalue weighted by molar-refractivity contribution is 5.95. The van der Waals surface area contributed by atoms with Crippen LogP contribution in [0.2, 0.25) is 0 Å². The van der Waals surface area contributed by atoms with Crippen molar-refractivity contribution in [3.05, 3.63) is 59.9 Å². The van der Waals surface area contributed by atoms with Crippen LogP contribution >= 0.6 is 0 Å². The van der Waals surface area contributed by atoms with Gasteiger partial charge in [-0.2, -0.15) is 0 Å². The van der Waals surface area contributed by atoms with Gasteiger partial charge in [0.15, 0.2) is 0 Å². The molecule has 6 nitrogen and oxygen atoms in total. The van der Waals surface area contributed by atoms with Gasteiger partial charge in [0.25, 0.3) is 5.91 Å². The number of carbonyl (C=O) groups is 2. The highest BCUT2D eigenvalue weighted by Gasteiger charge is 2.10. The Kier molecular flexibility index (Phi) is 7.00. The fourth-order valence-corrected chi connectivity index (χ4v) is 3.32. The van der Waals surface area contributed by atoms with E-state index in [1.807, 2.05) is 18.2 Å². The SMILES string of the molecule is CCCCC(=O)Nc1ccc(C(=O)NCCc2nc3ccccc3n2CC)cc1. The topological polar surface area (TPSA) is 76.0 Å². The van der Waals surface area contributed by atoms with Crippen LogP contribution in [-0.4, -0.2) is 27.9 Å². The largest absolute Gasteiger partial charge is 0.352 e. The van der Waals surface area contributed by atoms with E-state index in [-0.39, 0.29) is 11.8 Å². The summed E-state index contributed by atoms with van der Waals surface area (Å²) < 4.78 is 2.18. The molecule has 0 spiro atoms. The van der Waals surface area contributed by atoms with Crippen LogP contribution in [0.4, 0.5) is 5.69 Å². The van der Waals surface area contributed by atoms with E-state index >= 15 is 0 Å². The number of para-hydroxylation sites is 2. The number of hydrogen-bond donors (Lipinski definition) is 2. The lowest BCUT2D eigenvalue weighted by Gasteiger charge is -2.09. The second kappa shape index (κ2) is 9.87. The quantitative estimate of drug-likeness (QED) is 0.574. The second-order valence-corrected chi connectivity index (χ2v) is 7.00. The molecular weight excluding hydrogens is 364 g/mol. The Hall–Kier alpha value is -3.15. The third kappa shape index (κ3) is 5.22. The molecule has 0 aliphatic carbocycles. The summed E-state index contributed by atoms with van der Waals surface area (Å²) in [5.74, 6) is 0.843. The molecule has 0 radical (unpaired) electrons. The summed E-state index contributed by atoms with van der Waals surface area (Å²) in [7, 11) is 0. The Morgan fingerprint density at radius 2 is 1.79 bits per heavy atom. The minimum absolute atomic E-state index is 0.00265. The smallest absolute Gasteiger partial charge is 0.251 e. The van der Waals surface area contributed by atoms with Gasteiger partial charge in [0.05, 0.1) is 11.0 Å². The lowest BCUT2D eigenvalue weighted by atomic mass is 10.2. The number of aromatic nitrogens is 2. The lowest BCUT2D eigenvalue weighted by molar-refractivity contribution is -0.116. The molecule has 0 atom stereocenters. The molecule has 3 rings (SSSR count). The Morgan fingerprint density at radius 1 is 1.03 bits per heavy atom. The number of aryl methyl sites for hydroxylation is 1. The highest BCUT2D eigenvalue weighted by atomic mass is 16.2. The number of benzene rings is 2. The number of carbonyl (C=O) groups excluding carboxylic acids is 2. The number of fused-ring (bicyclic) bond motifs is 1. The van der Waals surface area contributed by atoms with E-state index in [2.05, 4.69) is 40.1 Å². The molecular formula is C23H28N4O2. The monoisotopic (exact) mass is 392 g/mol. The first-order valence-electron chi connectivity index (χ1n) is 10.2. The van der Waals surface area contributed by atoms with Crippen LogP contribution in [0.5, 0.6) is 0 Å². The molecule has 3 aromatic rings. The maximum Gasteiger partial charge on any atom is 0.251 e. The summed E-state index contributed by atoms with van der Waals surface area (Å²) in [5, 5.41) is 5.80. The summed E-state index contributed by atoms with van der Waals surface area (Å²) in [4.78, 5) is 28.9. The fourth-order valence-electron chi connectivity index (χ4n) is 3.32. The zero-order valence-corrected chi connectivity index (χ0v) is 17.1. The minimum Gasteiger partial charge on any atom is -0.352 e. The molecule has 0 aliphatic heterocycles. The van der Waals surface area contributed by atoms with E-state index in [0.717, 1.165) is 36.2 Å². The van der Waals surface area contributed by atoms with Crippen LogP contribution in [0.15, 0.2) is 48.5 Å². The summed E-state index contributed by atoms with van der Waals surface area (Å²) in [5.41, 5.74) is 3.38. The van der Waals surface area contributed by atoms with Gasteiger partial charge in [-0.3, -0.25) is 9.59 Å². The molecule has 2 aromatic carbocycles. The Morgan fingerprint density at radius 3 is 2.52 bits per heavy atom. The van der Waals surface area contributed by atoms with Crippen LogP contribution in [0, 0.1) is 0 Å². The fraction of sp³-hybridized carbons (Fsp3) is 0.348. The number of imidazole rings is 1. The first-order valence-corrected chi connectivity index (χ1v) is 10.2. The molecule has 152 valence electrons. The van der Waals surface area contributed by atoms with Crippen molar-refractivity contribution in [3.8, 4) is 0 Å². The van der Waals surface area contributed by atoms with Crippen LogP contribution in [0.25, 0.3) is 11.0 Å². The summed E-state index contributed by atoms with van der Waals surface area (Å²) in [6.45, 7) is 5.50. The standard InChI is InChI=1S/C23H28N4O2/c1-3-5-10-22(28)25-18-13-11-17(12-14-18)23(29)24-16-15-21-26-19-8-6-7-9-20(19)27(21)4-2/h6-9,11-14H,3-5,10,15-16H2,1-2H3,(H,24,29)(H,25,28). The van der Waals surface area contributed by atoms with Crippen molar-refractivity contribution in [1.29, 1.82) is 0 Å². The van der Waals surface area contributed by atoms with Crippen molar-refractivity contribution in [2.75, 3.05) is 11.9 Å². The van der Waals surface area contributed by atoms with Crippen molar-refractivity contribution in [2.45, 2.75) is 46.1 Å². The molecule has 0 unspecified atom stereocenters. The lowest BCUT2D eigenvalue weighted by Crippen LogP contribution is -2.26. The van der Waals surface area contributed by atoms with Crippen molar-refractivity contribution < 1.29 is 9.59 Å². The van der Waals surface area contributed by atoms with Crippen molar-refractivity contribution in [2.24, 2.45) is 0 Å². The van der Waals surface area contributed by atoms with E-state index in [4.69, 9.17) is 0 Å². The van der Waals surface area contributed by atoms with Crippen LogP contribution in [0.3, 0.4) is 0 Å². The molecule has 0 bridgehead atoms. The predicted molar refractivity (Wildman–Crippen MR) is 116 cm³/mol. The normalized spacial score (nSPS) is 10.8. The van der Waals surface area contributed by atoms with E-state index < -0.39 is 0 Å². The van der Waals surface area contributed by atoms with Crippen molar-refractivity contribution in [3.63, 3.8) is 0 Å². The molecule has 1 heterocycles. The first-order chi connectivity index (χ1) is 14.1. The van der Waals surface area contributed by atoms with Gasteiger partial charge >= 0.3 is 0 Å². The first kappa shape index (κ1) is 20.6. The Bertz CT molecular complexity index is 976. The average molecular weight is 393 g/mol. The van der Waals surface area contributed by atoms with Gasteiger partial charge in [-0.05, 0) is 49.7 Å². The van der Waals surface area contributed by atoms with E-state index in [1.54, 1.807) is 24.3 Å². The van der Waals surface area contributed by atoms with Crippen molar-refractivity contribution in [1.82, 2.24) is 14.9 Å². The minimum atomic E-state index is -0.131. The number of nitrogens with one attached hydrogen (secondary N) is 2. The summed E-state index contributed by atoms with van der Waals surface area (Å²) >= 11 is 0. The van der Waals surface area contributed by atoms with Gasteiger partial charge in [0.1, 0.15) is 5.82 Å². The third-order valence-corrected chi connectivity index (χ3v) is 4.87. The zero-order valence-electron chi connectivity index (χ0n) is 17.1. The average Bonchev–Trinajstić information content (AvgIpc) is 3.10. The van der Waals surface area contributed by atoms with Gasteiger partial charge in [0.2, 0.25) is 5.91 Å². The molecule has 6 heteroatoms. The molecule has 0 fully saturated rings. The number of anilines is 1. The number of unbranched alkanes of at least 4 members (excludes halogenated alkanes) is 1. The van der Waals surface area contributed by atoms with Crippen LogP contribution < -0.4 is 10.6 Å². The molecule has 0 saturated carbocycles. The van der Waals surface area contributed by atoms with Crippen LogP contribution in [-0.2, 0) is 17.8 Å². The van der Waals surface area contributed by atoms with Gasteiger partial charge in [-0.15, -0.1) is 0 Å². The molecule has 2 amide bonds. The summed E-state index contributed by atoms with van der Waals surface area (Å²) in [6, 6.07) is 15.0.